The Kier molecular flexibility index (Phi) is 37.2. The third-order valence-corrected chi connectivity index (χ3v) is 78.9. The zero-order chi connectivity index (χ0) is 66.5. The molecular formula is C35H37F9N8O5S34. The average Bonchev–Trinajstić information content (AvgIpc) is 1.70. The van der Waals surface area contributed by atoms with Gasteiger partial charge < -0.3 is 24.8 Å². The molecule has 13 nitrogen and oxygen atoms in total. The molecule has 1 amide bonds. The van der Waals surface area contributed by atoms with E-state index in [1.165, 1.54) is 49.5 Å². The summed E-state index contributed by atoms with van der Waals surface area (Å²) in [4.78, 5) is 23.9. The van der Waals surface area contributed by atoms with E-state index < -0.39 is 75.5 Å². The molecule has 2 fully saturated rings. The van der Waals surface area contributed by atoms with Crippen LogP contribution in [0.2, 0.25) is 0 Å². The van der Waals surface area contributed by atoms with E-state index in [1.54, 1.807) is 124 Å². The number of amides is 1. The topological polar surface area (TPSA) is 150 Å². The quantitative estimate of drug-likeness (QED) is 0.215. The molecule has 0 radical (unpaired) electrons. The van der Waals surface area contributed by atoms with E-state index in [0.717, 1.165) is 17.8 Å². The second-order valence-electron chi connectivity index (χ2n) is 17.7. The molecule has 2 saturated heterocycles. The molecular weight excluding hydrogens is 1870 g/mol. The number of piperidine rings is 2. The number of fused-ring (bicyclic) bond motifs is 4. The summed E-state index contributed by atoms with van der Waals surface area (Å²) >= 11 is 10.6. The molecule has 4 aliphatic rings. The summed E-state index contributed by atoms with van der Waals surface area (Å²) < 4.78 is 135. The number of hydrogen-bond donors (Lipinski definition) is 2. The number of ketones is 1. The predicted molar refractivity (Wildman–Crippen MR) is 424 cm³/mol. The fourth-order valence-corrected chi connectivity index (χ4v) is 88.1. The number of aromatic nitrogens is 6. The lowest BCUT2D eigenvalue weighted by Gasteiger charge is -2.50. The van der Waals surface area contributed by atoms with Crippen LogP contribution in [0.3, 0.4) is 0 Å². The summed E-state index contributed by atoms with van der Waals surface area (Å²) in [5.74, 6) is -2.74. The minimum Gasteiger partial charge on any atom is -0.383 e. The van der Waals surface area contributed by atoms with E-state index in [-0.39, 0.29) is 47.7 Å². The molecule has 0 bridgehead atoms. The van der Waals surface area contributed by atoms with Gasteiger partial charge in [0.2, 0.25) is 0 Å². The van der Waals surface area contributed by atoms with Crippen molar-refractivity contribution in [3.8, 4) is 0 Å². The van der Waals surface area contributed by atoms with Gasteiger partial charge in [0.25, 0.3) is 0 Å². The maximum atomic E-state index is 13.4. The highest BCUT2D eigenvalue weighted by molar-refractivity contribution is 8.80. The van der Waals surface area contributed by atoms with Crippen LogP contribution in [0.15, 0.2) is 24.5 Å². The summed E-state index contributed by atoms with van der Waals surface area (Å²) in [7, 11) is 56.0. The number of nitrogens with zero attached hydrogens (tertiary/aromatic N) is 7. The van der Waals surface area contributed by atoms with Gasteiger partial charge in [-0.25, -0.2) is 0 Å². The minimum absolute atomic E-state index is 0.000855. The number of halogens is 9. The van der Waals surface area contributed by atoms with Crippen molar-refractivity contribution in [1.29, 1.82) is 0 Å². The van der Waals surface area contributed by atoms with Crippen molar-refractivity contribution >= 4 is 323 Å². The zero-order valence-corrected chi connectivity index (χ0v) is 72.6. The molecule has 91 heavy (non-hydrogen) atoms. The van der Waals surface area contributed by atoms with Gasteiger partial charge in [-0.2, -0.15) is 39.5 Å². The average molecular weight is 1910 g/mol. The molecule has 4 aromatic rings. The number of ether oxygens (including phenoxy) is 2. The third kappa shape index (κ3) is 26.4. The number of hydrogen-bond acceptors (Lipinski definition) is 14. The fraction of sp³-hybridized carbons (Fsp3) is 0.600. The predicted octanol–water partition coefficient (Wildman–Crippen LogP) is 6.38. The standard InChI is InChI=1S/C18H16F6N4O3S.C17H21F3N4O2S.S32/c1-8-4-16(14-9(12(29)7-31-16)3-13(32-14)17(19,20)21)5-11(10-6-27(2)26-25-10)28(8)15(30)18(22,23)24;1-9-5-16(6-11(21-9)12-7-24(3)23-22-12)14-10(15(2,25)8-26-16)4-13(27-14)17(18,19)20;1-3-5-7-9-11-13-15-17-19-21-23-25-27-29-31-32-30-28-26-24-22-20-18-16-14-12-10-8-6-4-2/h3,6,8,11H,4-5,7H2,1-2H3;4,7,9,11,21,25H,5-6,8H2,1-3H3;/t8-,11-,16-;9-,11-,15?,16-;/m00./s1. The summed E-state index contributed by atoms with van der Waals surface area (Å²) in [5, 5.41) is 29.7. The second kappa shape index (κ2) is 40.8. The van der Waals surface area contributed by atoms with Gasteiger partial charge in [-0.05, 0) is 39.3 Å². The first-order valence-corrected chi connectivity index (χ1v) is 66.2. The Morgan fingerprint density at radius 1 is 0.604 bits per heavy atom. The van der Waals surface area contributed by atoms with Gasteiger partial charge in [0.1, 0.15) is 38.9 Å². The fourth-order valence-electron chi connectivity index (χ4n) is 8.75. The first kappa shape index (κ1) is 83.0. The van der Waals surface area contributed by atoms with Gasteiger partial charge >= 0.3 is 24.4 Å². The van der Waals surface area contributed by atoms with Crippen LogP contribution in [0.25, 0.3) is 0 Å². The van der Waals surface area contributed by atoms with Crippen LogP contribution in [0.5, 0.6) is 0 Å². The van der Waals surface area contributed by atoms with Crippen molar-refractivity contribution in [3.63, 3.8) is 0 Å². The Bertz CT molecular complexity index is 4730. The Morgan fingerprint density at radius 2 is 1.01 bits per heavy atom. The number of carbonyl (C=O) groups excluding carboxylic acids is 2. The normalized spacial score (nSPS) is 22.1. The number of thiophene rings is 2. The van der Waals surface area contributed by atoms with E-state index in [0.29, 0.717) is 50.9 Å². The molecule has 7 atom stereocenters. The van der Waals surface area contributed by atoms with Crippen LogP contribution in [-0.4, -0.2) is 83.2 Å². The van der Waals surface area contributed by atoms with Crippen molar-refractivity contribution in [2.45, 2.75) is 106 Å². The van der Waals surface area contributed by atoms with Crippen molar-refractivity contribution in [2.24, 2.45) is 14.1 Å². The molecule has 8 heterocycles. The van der Waals surface area contributed by atoms with Gasteiger partial charge in [0, 0.05) is 361 Å². The van der Waals surface area contributed by atoms with Crippen LogP contribution in [-0.2, 0) is 346 Å². The third-order valence-electron chi connectivity index (χ3n) is 11.7. The van der Waals surface area contributed by atoms with Crippen molar-refractivity contribution in [1.82, 2.24) is 40.2 Å². The van der Waals surface area contributed by atoms with Gasteiger partial charge in [-0.15, -0.1) is 32.9 Å². The van der Waals surface area contributed by atoms with Crippen LogP contribution < -0.4 is 5.32 Å². The summed E-state index contributed by atoms with van der Waals surface area (Å²) in [6.07, 6.45) is -10.8. The minimum atomic E-state index is -5.17. The Balaban J connectivity index is 0.000000218. The maximum absolute atomic E-state index is 13.4. The monoisotopic (exact) mass is 1910 g/mol. The molecule has 0 aromatic carbocycles. The number of aryl methyl sites for hydroxylation is 2. The molecule has 56 heteroatoms. The van der Waals surface area contributed by atoms with E-state index in [2.05, 4.69) is 25.9 Å². The van der Waals surface area contributed by atoms with Crippen molar-refractivity contribution in [3.05, 3.63) is 66.5 Å². The Labute approximate surface area is 616 Å². The van der Waals surface area contributed by atoms with Crippen molar-refractivity contribution in [2.75, 3.05) is 13.2 Å². The smallest absolute Gasteiger partial charge is 0.383 e. The number of aliphatic hydroxyl groups is 1. The van der Waals surface area contributed by atoms with Gasteiger partial charge in [-0.3, -0.25) is 19.0 Å². The summed E-state index contributed by atoms with van der Waals surface area (Å²) in [6, 6.07) is -0.731. The van der Waals surface area contributed by atoms with E-state index in [1.807, 2.05) is 149 Å². The first-order chi connectivity index (χ1) is 43.1. The van der Waals surface area contributed by atoms with Gasteiger partial charge in [-0.1, -0.05) is 10.4 Å². The number of carbonyl (C=O) groups is 2. The molecule has 8 rings (SSSR count). The molecule has 2 spiro atoms. The summed E-state index contributed by atoms with van der Waals surface area (Å²) in [5.41, 5.74) is -2.91. The highest BCUT2D eigenvalue weighted by atomic mass is 33.5. The number of alkyl halides is 9. The number of rotatable bonds is 2. The summed E-state index contributed by atoms with van der Waals surface area (Å²) in [6.45, 7) is 4.25. The molecule has 4 aliphatic heterocycles. The lowest BCUT2D eigenvalue weighted by atomic mass is 9.76. The maximum Gasteiger partial charge on any atom is 0.471 e. The van der Waals surface area contributed by atoms with Crippen LogP contribution in [0.1, 0.15) is 105 Å². The SMILES string of the molecule is C[C@H]1C[C@@]2(C[C@@H](c3cn(C)nn3)N1)OCC(C)(O)c1cc(C(F)(F)F)sc12.C[C@H]1C[C@@]2(C[C@@H](c3cn(C)nn3)N1C(=O)C(F)(F)F)OCC(=O)c1cc(C(F)(F)F)sc12.S=S=S=S=S=S=S=S=S=S=S=S=S=S=S=S=S=S=S=S=S=S=S=S=S=S=S=S=S=S=S=S. The zero-order valence-electron chi connectivity index (χ0n) is 44.9. The van der Waals surface area contributed by atoms with Crippen molar-refractivity contribution < 1.29 is 63.7 Å². The van der Waals surface area contributed by atoms with Gasteiger partial charge in [0.15, 0.2) is 5.78 Å². The Hall–Kier alpha value is 3.07. The highest BCUT2D eigenvalue weighted by Crippen LogP contribution is 2.56. The molecule has 514 valence electrons. The molecule has 1 unspecified atom stereocenters. The van der Waals surface area contributed by atoms with Gasteiger partial charge in [0.05, 0.1) is 30.6 Å². The largest absolute Gasteiger partial charge is 0.471 e. The number of nitrogens with one attached hydrogen (secondary N) is 1. The Morgan fingerprint density at radius 3 is 1.42 bits per heavy atom. The molecule has 0 aliphatic carbocycles. The second-order valence-corrected chi connectivity index (χ2v) is 72.8. The molecule has 2 N–H and O–H groups in total. The van der Waals surface area contributed by atoms with Crippen LogP contribution in [0.4, 0.5) is 39.5 Å². The molecule has 4 aromatic heterocycles. The first-order valence-electron chi connectivity index (χ1n) is 23.2. The van der Waals surface area contributed by atoms with E-state index >= 15 is 0 Å². The number of likely N-dealkylation sites (tertiary alicyclic amines) is 1. The van der Waals surface area contributed by atoms with Crippen LogP contribution >= 0.6 is 22.7 Å². The highest BCUT2D eigenvalue weighted by Gasteiger charge is 2.57. The lowest BCUT2D eigenvalue weighted by molar-refractivity contribution is -0.200. The molecule has 0 saturated carbocycles. The van der Waals surface area contributed by atoms with E-state index in [4.69, 9.17) is 31.8 Å². The van der Waals surface area contributed by atoms with E-state index in [9.17, 15) is 54.2 Å². The lowest BCUT2D eigenvalue weighted by Crippen LogP contribution is -2.56. The van der Waals surface area contributed by atoms with Crippen LogP contribution in [0, 0.1) is 0 Å². The number of Topliss-reactive ketones (excluding diaryl/α,β-unsaturated/α-hetero) is 1.